The maximum atomic E-state index is 6.34. The molecule has 2 rings (SSSR count). The zero-order chi connectivity index (χ0) is 13.0. The van der Waals surface area contributed by atoms with Gasteiger partial charge in [-0.05, 0) is 37.3 Å². The van der Waals surface area contributed by atoms with Gasteiger partial charge in [-0.2, -0.15) is 0 Å². The Morgan fingerprint density at radius 3 is 2.67 bits per heavy atom. The van der Waals surface area contributed by atoms with Crippen LogP contribution in [-0.2, 0) is 11.2 Å². The number of nitrogens with two attached hydrogens (primary N) is 1. The van der Waals surface area contributed by atoms with Crippen molar-refractivity contribution < 1.29 is 4.74 Å². The van der Waals surface area contributed by atoms with Crippen molar-refractivity contribution in [1.29, 1.82) is 0 Å². The summed E-state index contributed by atoms with van der Waals surface area (Å²) in [7, 11) is 1.79. The Bertz CT molecular complexity index is 362. The van der Waals surface area contributed by atoms with Crippen LogP contribution in [0.2, 0.25) is 4.34 Å². The predicted molar refractivity (Wildman–Crippen MR) is 78.4 cm³/mol. The van der Waals surface area contributed by atoms with Crippen LogP contribution in [0.15, 0.2) is 12.1 Å². The second-order valence-electron chi connectivity index (χ2n) is 5.17. The van der Waals surface area contributed by atoms with Gasteiger partial charge >= 0.3 is 0 Å². The number of hydrogen-bond donors (Lipinski definition) is 1. The molecule has 1 aromatic rings. The summed E-state index contributed by atoms with van der Waals surface area (Å²) >= 11 is 7.57. The van der Waals surface area contributed by atoms with Crippen LogP contribution in [0.1, 0.15) is 37.0 Å². The Balaban J connectivity index is 1.93. The van der Waals surface area contributed by atoms with Crippen molar-refractivity contribution in [2.75, 3.05) is 7.11 Å². The molecule has 2 unspecified atom stereocenters. The summed E-state index contributed by atoms with van der Waals surface area (Å²) in [5, 5.41) is 0. The molecule has 1 fully saturated rings. The van der Waals surface area contributed by atoms with Crippen molar-refractivity contribution in [3.8, 4) is 0 Å². The minimum Gasteiger partial charge on any atom is -0.380 e. The van der Waals surface area contributed by atoms with E-state index in [1.807, 2.05) is 6.07 Å². The Kier molecular flexibility index (Phi) is 5.49. The van der Waals surface area contributed by atoms with Crippen LogP contribution in [0.5, 0.6) is 0 Å². The zero-order valence-corrected chi connectivity index (χ0v) is 12.5. The van der Waals surface area contributed by atoms with Crippen LogP contribution in [-0.4, -0.2) is 19.3 Å². The number of rotatable bonds is 5. The third-order valence-corrected chi connectivity index (χ3v) is 5.13. The van der Waals surface area contributed by atoms with E-state index in [9.17, 15) is 0 Å². The van der Waals surface area contributed by atoms with Gasteiger partial charge in [-0.1, -0.05) is 30.9 Å². The molecule has 1 aliphatic carbocycles. The minimum atomic E-state index is 0.0767. The van der Waals surface area contributed by atoms with Crippen molar-refractivity contribution in [3.63, 3.8) is 0 Å². The first-order valence-electron chi connectivity index (χ1n) is 6.73. The van der Waals surface area contributed by atoms with Crippen LogP contribution >= 0.6 is 22.9 Å². The quantitative estimate of drug-likeness (QED) is 0.892. The van der Waals surface area contributed by atoms with Gasteiger partial charge < -0.3 is 10.5 Å². The van der Waals surface area contributed by atoms with Crippen molar-refractivity contribution in [1.82, 2.24) is 0 Å². The van der Waals surface area contributed by atoms with Crippen molar-refractivity contribution in [2.24, 2.45) is 11.7 Å². The molecular formula is C14H22ClNOS. The SMILES string of the molecule is COC(C(N)Cc1ccc(Cl)s1)C1CCCCC1. The number of methoxy groups -OCH3 is 1. The molecule has 0 aliphatic heterocycles. The molecule has 1 heterocycles. The lowest BCUT2D eigenvalue weighted by molar-refractivity contribution is 0.0180. The lowest BCUT2D eigenvalue weighted by Crippen LogP contribution is -2.43. The summed E-state index contributed by atoms with van der Waals surface area (Å²) in [6.07, 6.45) is 7.58. The second-order valence-corrected chi connectivity index (χ2v) is 6.97. The summed E-state index contributed by atoms with van der Waals surface area (Å²) in [5.41, 5.74) is 6.34. The van der Waals surface area contributed by atoms with E-state index in [1.165, 1.54) is 37.0 Å². The summed E-state index contributed by atoms with van der Waals surface area (Å²) in [4.78, 5) is 1.25. The van der Waals surface area contributed by atoms with Gasteiger partial charge in [-0.3, -0.25) is 0 Å². The van der Waals surface area contributed by atoms with Crippen molar-refractivity contribution in [2.45, 2.75) is 50.7 Å². The maximum Gasteiger partial charge on any atom is 0.0931 e. The first kappa shape index (κ1) is 14.3. The van der Waals surface area contributed by atoms with Gasteiger partial charge in [0.05, 0.1) is 10.4 Å². The molecule has 4 heteroatoms. The van der Waals surface area contributed by atoms with Gasteiger partial charge in [0.1, 0.15) is 0 Å². The van der Waals surface area contributed by atoms with Gasteiger partial charge in [0.2, 0.25) is 0 Å². The number of ether oxygens (including phenoxy) is 1. The van der Waals surface area contributed by atoms with Crippen LogP contribution in [0.3, 0.4) is 0 Å². The largest absolute Gasteiger partial charge is 0.380 e. The molecule has 18 heavy (non-hydrogen) atoms. The maximum absolute atomic E-state index is 6.34. The molecular weight excluding hydrogens is 266 g/mol. The molecule has 1 aliphatic rings. The standard InChI is InChI=1S/C14H22ClNOS/c1-17-14(10-5-3-2-4-6-10)12(16)9-11-7-8-13(15)18-11/h7-8,10,12,14H,2-6,9,16H2,1H3. The normalized spacial score (nSPS) is 20.8. The highest BCUT2D eigenvalue weighted by atomic mass is 35.5. The lowest BCUT2D eigenvalue weighted by Gasteiger charge is -2.33. The predicted octanol–water partition coefficient (Wildman–Crippen LogP) is 3.87. The third-order valence-electron chi connectivity index (χ3n) is 3.87. The molecule has 0 aromatic carbocycles. The fraction of sp³-hybridized carbons (Fsp3) is 0.714. The molecule has 1 aromatic heterocycles. The fourth-order valence-corrected chi connectivity index (χ4v) is 4.15. The van der Waals surface area contributed by atoms with E-state index in [0.717, 1.165) is 10.8 Å². The first-order valence-corrected chi connectivity index (χ1v) is 7.92. The molecule has 2 N–H and O–H groups in total. The minimum absolute atomic E-state index is 0.0767. The molecule has 0 spiro atoms. The van der Waals surface area contributed by atoms with E-state index in [2.05, 4.69) is 6.07 Å². The van der Waals surface area contributed by atoms with E-state index in [-0.39, 0.29) is 12.1 Å². The number of halogens is 1. The third kappa shape index (κ3) is 3.70. The number of hydrogen-bond acceptors (Lipinski definition) is 3. The lowest BCUT2D eigenvalue weighted by atomic mass is 9.82. The van der Waals surface area contributed by atoms with E-state index >= 15 is 0 Å². The van der Waals surface area contributed by atoms with Gasteiger partial charge in [0, 0.05) is 18.0 Å². The van der Waals surface area contributed by atoms with E-state index in [0.29, 0.717) is 5.92 Å². The van der Waals surface area contributed by atoms with Crippen molar-refractivity contribution in [3.05, 3.63) is 21.3 Å². The highest BCUT2D eigenvalue weighted by molar-refractivity contribution is 7.16. The smallest absolute Gasteiger partial charge is 0.0931 e. The molecule has 1 saturated carbocycles. The van der Waals surface area contributed by atoms with Crippen LogP contribution in [0.4, 0.5) is 0 Å². The Hall–Kier alpha value is -0.0900. The zero-order valence-electron chi connectivity index (χ0n) is 10.9. The Morgan fingerprint density at radius 1 is 1.39 bits per heavy atom. The Labute approximate surface area is 118 Å². The molecule has 0 saturated heterocycles. The molecule has 0 radical (unpaired) electrons. The average Bonchev–Trinajstić information content (AvgIpc) is 2.77. The molecule has 2 atom stereocenters. The summed E-state index contributed by atoms with van der Waals surface area (Å²) < 4.78 is 6.51. The van der Waals surface area contributed by atoms with Crippen LogP contribution in [0, 0.1) is 5.92 Å². The molecule has 2 nitrogen and oxygen atoms in total. The van der Waals surface area contributed by atoms with Gasteiger partial charge in [-0.25, -0.2) is 0 Å². The summed E-state index contributed by atoms with van der Waals surface area (Å²) in [6, 6.07) is 4.09. The monoisotopic (exact) mass is 287 g/mol. The topological polar surface area (TPSA) is 35.2 Å². The number of thiophene rings is 1. The van der Waals surface area contributed by atoms with E-state index in [4.69, 9.17) is 22.1 Å². The first-order chi connectivity index (χ1) is 8.70. The highest BCUT2D eigenvalue weighted by Crippen LogP contribution is 2.30. The van der Waals surface area contributed by atoms with Gasteiger partial charge in [0.25, 0.3) is 0 Å². The van der Waals surface area contributed by atoms with Crippen LogP contribution < -0.4 is 5.73 Å². The molecule has 0 bridgehead atoms. The second kappa shape index (κ2) is 6.90. The summed E-state index contributed by atoms with van der Waals surface area (Å²) in [6.45, 7) is 0. The van der Waals surface area contributed by atoms with Gasteiger partial charge in [-0.15, -0.1) is 11.3 Å². The van der Waals surface area contributed by atoms with Crippen LogP contribution in [0.25, 0.3) is 0 Å². The molecule has 0 amide bonds. The van der Waals surface area contributed by atoms with E-state index < -0.39 is 0 Å². The molecule has 102 valence electrons. The van der Waals surface area contributed by atoms with Crippen molar-refractivity contribution >= 4 is 22.9 Å². The van der Waals surface area contributed by atoms with E-state index in [1.54, 1.807) is 18.4 Å². The van der Waals surface area contributed by atoms with Gasteiger partial charge in [0.15, 0.2) is 0 Å². The highest BCUT2D eigenvalue weighted by Gasteiger charge is 2.28. The fourth-order valence-electron chi connectivity index (χ4n) is 2.99. The average molecular weight is 288 g/mol. The Morgan fingerprint density at radius 2 is 2.11 bits per heavy atom. The summed E-state index contributed by atoms with van der Waals surface area (Å²) in [5.74, 6) is 0.634.